The maximum atomic E-state index is 12.4. The molecule has 1 heterocycles. The van der Waals surface area contributed by atoms with Gasteiger partial charge < -0.3 is 20.1 Å². The van der Waals surface area contributed by atoms with Crippen molar-refractivity contribution in [1.82, 2.24) is 10.2 Å². The Labute approximate surface area is 138 Å². The fourth-order valence-electron chi connectivity index (χ4n) is 3.21. The molecule has 2 atom stereocenters. The van der Waals surface area contributed by atoms with Gasteiger partial charge in [0.15, 0.2) is 0 Å². The number of aliphatic hydroxyl groups is 1. The average molecular weight is 320 g/mol. The van der Waals surface area contributed by atoms with Gasteiger partial charge in [-0.15, -0.1) is 0 Å². The number of likely N-dealkylation sites (tertiary alicyclic amines) is 1. The molecule has 0 aromatic heterocycles. The number of nitrogens with zero attached hydrogens (tertiary/aromatic N) is 1. The zero-order valence-electron chi connectivity index (χ0n) is 13.9. The summed E-state index contributed by atoms with van der Waals surface area (Å²) in [6.07, 6.45) is 2.80. The van der Waals surface area contributed by atoms with Gasteiger partial charge in [0.2, 0.25) is 0 Å². The highest BCUT2D eigenvalue weighted by Gasteiger charge is 2.24. The fraction of sp³-hybridized carbons (Fsp3) is 0.611. The van der Waals surface area contributed by atoms with E-state index in [2.05, 4.69) is 5.32 Å². The number of hydrogen-bond donors (Lipinski definition) is 2. The van der Waals surface area contributed by atoms with Crippen molar-refractivity contribution in [1.29, 1.82) is 0 Å². The van der Waals surface area contributed by atoms with Gasteiger partial charge in [-0.25, -0.2) is 4.79 Å². The summed E-state index contributed by atoms with van der Waals surface area (Å²) in [5, 5.41) is 12.3. The molecule has 23 heavy (non-hydrogen) atoms. The van der Waals surface area contributed by atoms with Crippen molar-refractivity contribution in [3.8, 4) is 0 Å². The SMILES string of the molecule is COCC1CCCN(C(=O)NCC(CCO)c2ccccc2)C1. The first-order valence-corrected chi connectivity index (χ1v) is 8.42. The Balaban J connectivity index is 1.86. The van der Waals surface area contributed by atoms with Crippen molar-refractivity contribution in [3.63, 3.8) is 0 Å². The molecule has 1 aliphatic rings. The molecule has 0 saturated carbocycles. The molecule has 2 unspecified atom stereocenters. The van der Waals surface area contributed by atoms with Crippen LogP contribution in [0.3, 0.4) is 0 Å². The van der Waals surface area contributed by atoms with Crippen LogP contribution in [0.2, 0.25) is 0 Å². The summed E-state index contributed by atoms with van der Waals surface area (Å²) < 4.78 is 5.21. The second-order valence-electron chi connectivity index (χ2n) is 6.22. The third kappa shape index (κ3) is 5.52. The molecular formula is C18H28N2O3. The van der Waals surface area contributed by atoms with Gasteiger partial charge in [-0.3, -0.25) is 0 Å². The van der Waals surface area contributed by atoms with E-state index in [1.807, 2.05) is 35.2 Å². The minimum absolute atomic E-state index is 0.00956. The van der Waals surface area contributed by atoms with Crippen molar-refractivity contribution in [2.45, 2.75) is 25.2 Å². The molecule has 0 spiro atoms. The smallest absolute Gasteiger partial charge is 0.317 e. The molecule has 2 amide bonds. The van der Waals surface area contributed by atoms with Crippen molar-refractivity contribution in [3.05, 3.63) is 35.9 Å². The predicted octanol–water partition coefficient (Wildman–Crippen LogP) is 2.22. The highest BCUT2D eigenvalue weighted by Crippen LogP contribution is 2.19. The first-order chi connectivity index (χ1) is 11.2. The summed E-state index contributed by atoms with van der Waals surface area (Å²) >= 11 is 0. The topological polar surface area (TPSA) is 61.8 Å². The number of aliphatic hydroxyl groups excluding tert-OH is 1. The molecule has 128 valence electrons. The summed E-state index contributed by atoms with van der Waals surface area (Å²) in [4.78, 5) is 14.3. The van der Waals surface area contributed by atoms with Crippen LogP contribution in [0, 0.1) is 5.92 Å². The van der Waals surface area contributed by atoms with E-state index in [0.717, 1.165) is 31.5 Å². The zero-order chi connectivity index (χ0) is 16.5. The summed E-state index contributed by atoms with van der Waals surface area (Å²) in [6, 6.07) is 10.0. The number of ether oxygens (including phenoxy) is 1. The molecule has 1 aromatic rings. The van der Waals surface area contributed by atoms with Gasteiger partial charge in [0.05, 0.1) is 6.61 Å². The largest absolute Gasteiger partial charge is 0.396 e. The van der Waals surface area contributed by atoms with Gasteiger partial charge in [0.1, 0.15) is 0 Å². The van der Waals surface area contributed by atoms with Crippen molar-refractivity contribution >= 4 is 6.03 Å². The average Bonchev–Trinajstić information content (AvgIpc) is 2.59. The van der Waals surface area contributed by atoms with E-state index < -0.39 is 0 Å². The molecular weight excluding hydrogens is 292 g/mol. The minimum atomic E-state index is -0.00956. The number of amides is 2. The number of carbonyl (C=O) groups is 1. The lowest BCUT2D eigenvalue weighted by atomic mass is 9.96. The lowest BCUT2D eigenvalue weighted by molar-refractivity contribution is 0.100. The molecule has 0 aliphatic carbocycles. The van der Waals surface area contributed by atoms with Crippen LogP contribution in [-0.4, -0.2) is 56.0 Å². The second-order valence-corrected chi connectivity index (χ2v) is 6.22. The van der Waals surface area contributed by atoms with E-state index in [4.69, 9.17) is 4.74 Å². The Hall–Kier alpha value is -1.59. The van der Waals surface area contributed by atoms with Crippen LogP contribution in [0.4, 0.5) is 4.79 Å². The maximum Gasteiger partial charge on any atom is 0.317 e. The van der Waals surface area contributed by atoms with Gasteiger partial charge >= 0.3 is 6.03 Å². The van der Waals surface area contributed by atoms with Crippen LogP contribution < -0.4 is 5.32 Å². The number of nitrogens with one attached hydrogen (secondary N) is 1. The van der Waals surface area contributed by atoms with Crippen molar-refractivity contribution < 1.29 is 14.6 Å². The third-order valence-corrected chi connectivity index (χ3v) is 4.46. The Morgan fingerprint density at radius 2 is 2.22 bits per heavy atom. The third-order valence-electron chi connectivity index (χ3n) is 4.46. The standard InChI is InChI=1S/C18H28N2O3/c1-23-14-15-6-5-10-20(13-15)18(22)19-12-17(9-11-21)16-7-3-2-4-8-16/h2-4,7-8,15,17,21H,5-6,9-14H2,1H3,(H,19,22). The Kier molecular flexibility index (Phi) is 7.36. The molecule has 0 radical (unpaired) electrons. The number of methoxy groups -OCH3 is 1. The number of carbonyl (C=O) groups excluding carboxylic acids is 1. The number of rotatable bonds is 7. The molecule has 1 aromatic carbocycles. The minimum Gasteiger partial charge on any atom is -0.396 e. The summed E-state index contributed by atoms with van der Waals surface area (Å²) in [5.74, 6) is 0.576. The number of benzene rings is 1. The Morgan fingerprint density at radius 1 is 1.43 bits per heavy atom. The normalized spacial score (nSPS) is 19.4. The fourth-order valence-corrected chi connectivity index (χ4v) is 3.21. The van der Waals surface area contributed by atoms with Gasteiger partial charge in [-0.1, -0.05) is 30.3 Å². The van der Waals surface area contributed by atoms with E-state index in [1.54, 1.807) is 7.11 Å². The molecule has 5 heteroatoms. The van der Waals surface area contributed by atoms with Crippen molar-refractivity contribution in [2.24, 2.45) is 5.92 Å². The molecule has 1 aliphatic heterocycles. The summed E-state index contributed by atoms with van der Waals surface area (Å²) in [7, 11) is 1.71. The predicted molar refractivity (Wildman–Crippen MR) is 90.5 cm³/mol. The zero-order valence-corrected chi connectivity index (χ0v) is 13.9. The molecule has 0 bridgehead atoms. The first-order valence-electron chi connectivity index (χ1n) is 8.42. The van der Waals surface area contributed by atoms with Crippen LogP contribution in [0.15, 0.2) is 30.3 Å². The van der Waals surface area contributed by atoms with Crippen LogP contribution in [-0.2, 0) is 4.74 Å². The van der Waals surface area contributed by atoms with Crippen LogP contribution in [0.25, 0.3) is 0 Å². The van der Waals surface area contributed by atoms with Gasteiger partial charge in [0, 0.05) is 45.2 Å². The van der Waals surface area contributed by atoms with Crippen LogP contribution in [0.1, 0.15) is 30.7 Å². The molecule has 2 N–H and O–H groups in total. The van der Waals surface area contributed by atoms with E-state index in [9.17, 15) is 9.90 Å². The Morgan fingerprint density at radius 3 is 2.91 bits per heavy atom. The molecule has 1 fully saturated rings. The Bertz CT molecular complexity index is 465. The number of hydrogen-bond acceptors (Lipinski definition) is 3. The van der Waals surface area contributed by atoms with Gasteiger partial charge in [-0.2, -0.15) is 0 Å². The number of piperidine rings is 1. The highest BCUT2D eigenvalue weighted by atomic mass is 16.5. The summed E-state index contributed by atoms with van der Waals surface area (Å²) in [6.45, 7) is 2.95. The second kappa shape index (κ2) is 9.53. The van der Waals surface area contributed by atoms with Gasteiger partial charge in [0.25, 0.3) is 0 Å². The van der Waals surface area contributed by atoms with Crippen LogP contribution in [0.5, 0.6) is 0 Å². The lowest BCUT2D eigenvalue weighted by Gasteiger charge is -2.33. The quantitative estimate of drug-likeness (QED) is 0.810. The van der Waals surface area contributed by atoms with Gasteiger partial charge in [-0.05, 0) is 24.8 Å². The molecule has 2 rings (SSSR count). The maximum absolute atomic E-state index is 12.4. The first kappa shape index (κ1) is 17.8. The molecule has 5 nitrogen and oxygen atoms in total. The summed E-state index contributed by atoms with van der Waals surface area (Å²) in [5.41, 5.74) is 1.15. The molecule has 1 saturated heterocycles. The number of urea groups is 1. The van der Waals surface area contributed by atoms with Crippen molar-refractivity contribution in [2.75, 3.05) is 40.0 Å². The van der Waals surface area contributed by atoms with E-state index in [0.29, 0.717) is 25.5 Å². The lowest BCUT2D eigenvalue weighted by Crippen LogP contribution is -2.47. The van der Waals surface area contributed by atoms with E-state index >= 15 is 0 Å². The van der Waals surface area contributed by atoms with E-state index in [-0.39, 0.29) is 18.6 Å². The monoisotopic (exact) mass is 320 g/mol. The van der Waals surface area contributed by atoms with Crippen LogP contribution >= 0.6 is 0 Å². The van der Waals surface area contributed by atoms with E-state index in [1.165, 1.54) is 0 Å². The highest BCUT2D eigenvalue weighted by molar-refractivity contribution is 5.74.